The summed E-state index contributed by atoms with van der Waals surface area (Å²) >= 11 is 1.61. The summed E-state index contributed by atoms with van der Waals surface area (Å²) < 4.78 is 4.67. The summed E-state index contributed by atoms with van der Waals surface area (Å²) in [5.74, 6) is -1.86. The third kappa shape index (κ3) is 3.79. The van der Waals surface area contributed by atoms with Crippen molar-refractivity contribution in [3.8, 4) is 0 Å². The average Bonchev–Trinajstić information content (AvgIpc) is 3.37. The molecule has 3 aliphatic heterocycles. The number of unbranched alkanes of at least 4 members (excludes halogenated alkanes) is 1. The van der Waals surface area contributed by atoms with Gasteiger partial charge < -0.3 is 19.6 Å². The molecule has 0 aromatic rings. The van der Waals surface area contributed by atoms with Crippen LogP contribution < -0.4 is 0 Å². The van der Waals surface area contributed by atoms with Crippen LogP contribution in [0.3, 0.4) is 0 Å². The number of nitrogens with zero attached hydrogens (tertiary/aromatic N) is 2. The van der Waals surface area contributed by atoms with Gasteiger partial charge in [0.25, 0.3) is 0 Å². The standard InChI is InChI=1S/C24H36N2O5S/c1-6-9-11-25(10-7-2)22(29)20-24-15(4)13-17(32-24)18(23(30)31-12-8-3)19(24)21(28)26(20)16(5)14-27/h7-8,15-20,27H,2-3,6,9-14H2,1,4-5H3/t15?,16-,17+,18-,19+,20?,24?/m1/s1. The Labute approximate surface area is 195 Å². The Hall–Kier alpha value is -1.80. The van der Waals surface area contributed by atoms with Gasteiger partial charge >= 0.3 is 5.97 Å². The molecule has 0 saturated carbocycles. The number of esters is 1. The summed E-state index contributed by atoms with van der Waals surface area (Å²) in [4.78, 5) is 44.1. The molecule has 3 fully saturated rings. The van der Waals surface area contributed by atoms with Crippen molar-refractivity contribution in [2.75, 3.05) is 26.3 Å². The van der Waals surface area contributed by atoms with Crippen LogP contribution in [0.25, 0.3) is 0 Å². The highest BCUT2D eigenvalue weighted by atomic mass is 32.2. The van der Waals surface area contributed by atoms with Crippen LogP contribution in [0.4, 0.5) is 0 Å². The van der Waals surface area contributed by atoms with E-state index < -0.39 is 34.6 Å². The number of likely N-dealkylation sites (tertiary alicyclic amines) is 1. The molecule has 32 heavy (non-hydrogen) atoms. The summed E-state index contributed by atoms with van der Waals surface area (Å²) in [5.41, 5.74) is 0. The van der Waals surface area contributed by atoms with Crippen molar-refractivity contribution in [1.82, 2.24) is 9.80 Å². The fourth-order valence-corrected chi connectivity index (χ4v) is 8.17. The van der Waals surface area contributed by atoms with E-state index in [-0.39, 0.29) is 36.2 Å². The third-order valence-electron chi connectivity index (χ3n) is 7.21. The van der Waals surface area contributed by atoms with E-state index in [0.717, 1.165) is 19.3 Å². The van der Waals surface area contributed by atoms with E-state index in [2.05, 4.69) is 27.0 Å². The molecule has 7 atom stereocenters. The number of carbonyl (C=O) groups excluding carboxylic acids is 3. The number of aliphatic hydroxyl groups excluding tert-OH is 1. The fraction of sp³-hybridized carbons (Fsp3) is 0.708. The summed E-state index contributed by atoms with van der Waals surface area (Å²) in [6.07, 6.45) is 5.77. The Morgan fingerprint density at radius 3 is 2.72 bits per heavy atom. The molecule has 1 N–H and O–H groups in total. The van der Waals surface area contributed by atoms with Crippen LogP contribution in [0.1, 0.15) is 40.0 Å². The molecule has 3 saturated heterocycles. The van der Waals surface area contributed by atoms with Crippen molar-refractivity contribution in [1.29, 1.82) is 0 Å². The molecular weight excluding hydrogens is 428 g/mol. The van der Waals surface area contributed by atoms with Crippen LogP contribution >= 0.6 is 11.8 Å². The van der Waals surface area contributed by atoms with Crippen LogP contribution in [0.5, 0.6) is 0 Å². The van der Waals surface area contributed by atoms with Crippen LogP contribution in [0, 0.1) is 17.8 Å². The number of aliphatic hydroxyl groups is 1. The Kier molecular flexibility index (Phi) is 7.76. The third-order valence-corrected chi connectivity index (χ3v) is 9.29. The number of amides is 2. The lowest BCUT2D eigenvalue weighted by Crippen LogP contribution is -2.59. The van der Waals surface area contributed by atoms with Gasteiger partial charge in [0.15, 0.2) is 0 Å². The number of carbonyl (C=O) groups is 3. The van der Waals surface area contributed by atoms with Crippen molar-refractivity contribution in [2.24, 2.45) is 17.8 Å². The molecule has 7 nitrogen and oxygen atoms in total. The number of thioether (sulfide) groups is 1. The van der Waals surface area contributed by atoms with Gasteiger partial charge in [-0.25, -0.2) is 0 Å². The van der Waals surface area contributed by atoms with Gasteiger partial charge in [-0.3, -0.25) is 14.4 Å². The largest absolute Gasteiger partial charge is 0.461 e. The molecule has 3 unspecified atom stereocenters. The molecule has 2 amide bonds. The molecular formula is C24H36N2O5S. The van der Waals surface area contributed by atoms with Gasteiger partial charge in [-0.2, -0.15) is 0 Å². The van der Waals surface area contributed by atoms with Crippen molar-refractivity contribution in [3.05, 3.63) is 25.3 Å². The molecule has 1 spiro atoms. The summed E-state index contributed by atoms with van der Waals surface area (Å²) in [6, 6.07) is -1.24. The summed E-state index contributed by atoms with van der Waals surface area (Å²) in [5, 5.41) is 9.88. The first-order valence-electron chi connectivity index (χ1n) is 11.6. The zero-order valence-electron chi connectivity index (χ0n) is 19.4. The molecule has 0 aromatic heterocycles. The van der Waals surface area contributed by atoms with E-state index in [4.69, 9.17) is 4.74 Å². The Morgan fingerprint density at radius 2 is 2.12 bits per heavy atom. The SMILES string of the molecule is C=CCOC(=O)[C@@H]1[C@@H]2CC(C)C3(S2)C(C(=O)N(CC=C)CCCC)N([C@H](C)CO)C(=O)[C@H]13. The number of hydrogen-bond donors (Lipinski definition) is 1. The first-order chi connectivity index (χ1) is 15.3. The number of rotatable bonds is 11. The molecule has 178 valence electrons. The van der Waals surface area contributed by atoms with Crippen molar-refractivity contribution in [3.63, 3.8) is 0 Å². The van der Waals surface area contributed by atoms with E-state index in [1.807, 2.05) is 0 Å². The molecule has 0 aliphatic carbocycles. The predicted octanol–water partition coefficient (Wildman–Crippen LogP) is 2.25. The molecule has 3 heterocycles. The van der Waals surface area contributed by atoms with Gasteiger partial charge in [0.1, 0.15) is 12.6 Å². The van der Waals surface area contributed by atoms with E-state index >= 15 is 0 Å². The number of hydrogen-bond acceptors (Lipinski definition) is 6. The van der Waals surface area contributed by atoms with E-state index in [0.29, 0.717) is 13.1 Å². The maximum Gasteiger partial charge on any atom is 0.311 e. The minimum Gasteiger partial charge on any atom is -0.461 e. The second-order valence-corrected chi connectivity index (χ2v) is 10.7. The van der Waals surface area contributed by atoms with Gasteiger partial charge in [-0.1, -0.05) is 39.0 Å². The minimum atomic E-state index is -0.721. The lowest BCUT2D eigenvalue weighted by molar-refractivity contribution is -0.153. The maximum absolute atomic E-state index is 14.0. The fourth-order valence-electron chi connectivity index (χ4n) is 5.78. The Bertz CT molecular complexity index is 773. The molecule has 3 aliphatic rings. The number of ether oxygens (including phenoxy) is 1. The smallest absolute Gasteiger partial charge is 0.311 e. The lowest BCUT2D eigenvalue weighted by Gasteiger charge is -2.41. The van der Waals surface area contributed by atoms with Gasteiger partial charge in [-0.15, -0.1) is 18.3 Å². The van der Waals surface area contributed by atoms with Gasteiger partial charge in [-0.05, 0) is 25.7 Å². The topological polar surface area (TPSA) is 87.2 Å². The van der Waals surface area contributed by atoms with Crippen LogP contribution in [-0.2, 0) is 19.1 Å². The normalized spacial score (nSPS) is 33.7. The van der Waals surface area contributed by atoms with Gasteiger partial charge in [0.05, 0.1) is 29.2 Å². The lowest BCUT2D eigenvalue weighted by atomic mass is 9.66. The first-order valence-corrected chi connectivity index (χ1v) is 12.5. The van der Waals surface area contributed by atoms with E-state index in [1.165, 1.54) is 6.08 Å². The van der Waals surface area contributed by atoms with E-state index in [1.54, 1.807) is 34.6 Å². The summed E-state index contributed by atoms with van der Waals surface area (Å²) in [7, 11) is 0. The zero-order chi connectivity index (χ0) is 23.6. The summed E-state index contributed by atoms with van der Waals surface area (Å²) in [6.45, 7) is 14.1. The highest BCUT2D eigenvalue weighted by molar-refractivity contribution is 8.02. The maximum atomic E-state index is 14.0. The predicted molar refractivity (Wildman–Crippen MR) is 125 cm³/mol. The molecule has 2 bridgehead atoms. The number of fused-ring (bicyclic) bond motifs is 1. The zero-order valence-corrected chi connectivity index (χ0v) is 20.2. The molecule has 0 aromatic carbocycles. The van der Waals surface area contributed by atoms with Crippen LogP contribution in [0.15, 0.2) is 25.3 Å². The monoisotopic (exact) mass is 464 g/mol. The van der Waals surface area contributed by atoms with Crippen molar-refractivity contribution >= 4 is 29.5 Å². The average molecular weight is 465 g/mol. The minimum absolute atomic E-state index is 0.0540. The highest BCUT2D eigenvalue weighted by Gasteiger charge is 2.76. The molecule has 3 rings (SSSR count). The van der Waals surface area contributed by atoms with E-state index in [9.17, 15) is 19.5 Å². The quantitative estimate of drug-likeness (QED) is 0.373. The Balaban J connectivity index is 2.06. The van der Waals surface area contributed by atoms with Crippen molar-refractivity contribution < 1.29 is 24.2 Å². The second-order valence-electron chi connectivity index (χ2n) is 9.17. The second kappa shape index (κ2) is 10.00. The first kappa shape index (κ1) is 24.8. The molecule has 8 heteroatoms. The van der Waals surface area contributed by atoms with Gasteiger partial charge in [0.2, 0.25) is 11.8 Å². The molecule has 0 radical (unpaired) electrons. The van der Waals surface area contributed by atoms with Crippen LogP contribution in [-0.4, -0.2) is 81.1 Å². The van der Waals surface area contributed by atoms with Crippen molar-refractivity contribution in [2.45, 2.75) is 62.1 Å². The Morgan fingerprint density at radius 1 is 1.41 bits per heavy atom. The van der Waals surface area contributed by atoms with Crippen LogP contribution in [0.2, 0.25) is 0 Å². The highest BCUT2D eigenvalue weighted by Crippen LogP contribution is 2.69. The van der Waals surface area contributed by atoms with Gasteiger partial charge in [0, 0.05) is 18.3 Å².